The van der Waals surface area contributed by atoms with Crippen molar-refractivity contribution in [3.63, 3.8) is 0 Å². The molecule has 1 aromatic rings. The highest BCUT2D eigenvalue weighted by atomic mass is 32.2. The van der Waals surface area contributed by atoms with E-state index in [1.54, 1.807) is 6.07 Å². The first-order chi connectivity index (χ1) is 8.10. The lowest BCUT2D eigenvalue weighted by Crippen LogP contribution is -2.20. The molecule has 96 valence electrons. The van der Waals surface area contributed by atoms with E-state index in [1.165, 1.54) is 17.8 Å². The van der Waals surface area contributed by atoms with Crippen LogP contribution in [0.4, 0.5) is 4.39 Å². The summed E-state index contributed by atoms with van der Waals surface area (Å²) in [5, 5.41) is 12.4. The van der Waals surface area contributed by atoms with Gasteiger partial charge in [0.1, 0.15) is 5.82 Å². The number of halogens is 1. The molecular weight excluding hydrogens is 237 g/mol. The van der Waals surface area contributed by atoms with Crippen LogP contribution in [0.15, 0.2) is 23.1 Å². The van der Waals surface area contributed by atoms with E-state index in [2.05, 4.69) is 5.32 Å². The molecule has 2 unspecified atom stereocenters. The fourth-order valence-electron chi connectivity index (χ4n) is 1.70. The normalized spacial score (nSPS) is 14.6. The number of rotatable bonds is 6. The minimum absolute atomic E-state index is 0.0189. The third-order valence-corrected chi connectivity index (χ3v) is 3.70. The second-order valence-electron chi connectivity index (χ2n) is 4.04. The minimum atomic E-state index is -0.186. The zero-order valence-electron chi connectivity index (χ0n) is 10.5. The van der Waals surface area contributed by atoms with Crippen molar-refractivity contribution in [1.82, 2.24) is 5.32 Å². The lowest BCUT2D eigenvalue weighted by atomic mass is 10.1. The van der Waals surface area contributed by atoms with Crippen LogP contribution < -0.4 is 5.32 Å². The molecule has 0 heterocycles. The Balaban J connectivity index is 2.99. The summed E-state index contributed by atoms with van der Waals surface area (Å²) < 4.78 is 13.9. The summed E-state index contributed by atoms with van der Waals surface area (Å²) in [6, 6.07) is 5.08. The summed E-state index contributed by atoms with van der Waals surface area (Å²) in [6.07, 6.45) is 0. The molecule has 2 N–H and O–H groups in total. The Kier molecular flexibility index (Phi) is 5.95. The maximum Gasteiger partial charge on any atom is 0.129 e. The molecule has 0 spiro atoms. The molecule has 4 heteroatoms. The summed E-state index contributed by atoms with van der Waals surface area (Å²) in [5.74, 6) is -0.186. The van der Waals surface area contributed by atoms with Crippen molar-refractivity contribution in [2.75, 3.05) is 13.2 Å². The van der Waals surface area contributed by atoms with Gasteiger partial charge in [0, 0.05) is 21.8 Å². The van der Waals surface area contributed by atoms with Gasteiger partial charge in [-0.1, -0.05) is 19.9 Å². The smallest absolute Gasteiger partial charge is 0.129 e. The van der Waals surface area contributed by atoms with Crippen LogP contribution in [0.1, 0.15) is 32.4 Å². The van der Waals surface area contributed by atoms with E-state index in [0.29, 0.717) is 5.56 Å². The Morgan fingerprint density at radius 1 is 1.41 bits per heavy atom. The number of hydrogen-bond donors (Lipinski definition) is 2. The molecule has 0 aliphatic carbocycles. The van der Waals surface area contributed by atoms with Crippen molar-refractivity contribution in [3.05, 3.63) is 29.6 Å². The number of thioether (sulfide) groups is 1. The molecular formula is C13H20FNOS. The maximum absolute atomic E-state index is 13.9. The minimum Gasteiger partial charge on any atom is -0.395 e. The van der Waals surface area contributed by atoms with Crippen LogP contribution in [0.25, 0.3) is 0 Å². The van der Waals surface area contributed by atoms with Crippen LogP contribution in [0.3, 0.4) is 0 Å². The van der Waals surface area contributed by atoms with Crippen molar-refractivity contribution in [2.24, 2.45) is 0 Å². The van der Waals surface area contributed by atoms with E-state index in [9.17, 15) is 4.39 Å². The van der Waals surface area contributed by atoms with Gasteiger partial charge in [0.25, 0.3) is 0 Å². The van der Waals surface area contributed by atoms with Gasteiger partial charge in [0.15, 0.2) is 0 Å². The Bertz CT molecular complexity index is 359. The van der Waals surface area contributed by atoms with Gasteiger partial charge >= 0.3 is 0 Å². The molecule has 0 radical (unpaired) electrons. The van der Waals surface area contributed by atoms with Gasteiger partial charge in [-0.15, -0.1) is 11.8 Å². The molecule has 1 aromatic carbocycles. The number of aliphatic hydroxyl groups is 1. The van der Waals surface area contributed by atoms with Gasteiger partial charge in [-0.2, -0.15) is 0 Å². The summed E-state index contributed by atoms with van der Waals surface area (Å²) >= 11 is 1.51. The lowest BCUT2D eigenvalue weighted by Gasteiger charge is -2.19. The van der Waals surface area contributed by atoms with Gasteiger partial charge in [-0.3, -0.25) is 0 Å². The fourth-order valence-corrected chi connectivity index (χ4v) is 2.77. The SMILES string of the molecule is CCNC(C)c1c(F)cccc1SC(C)CO. The Labute approximate surface area is 107 Å². The molecule has 0 bridgehead atoms. The van der Waals surface area contributed by atoms with Crippen molar-refractivity contribution in [2.45, 2.75) is 37.0 Å². The summed E-state index contributed by atoms with van der Waals surface area (Å²) in [5.41, 5.74) is 0.694. The van der Waals surface area contributed by atoms with E-state index in [1.807, 2.05) is 26.8 Å². The monoisotopic (exact) mass is 257 g/mol. The van der Waals surface area contributed by atoms with Gasteiger partial charge in [-0.05, 0) is 25.6 Å². The number of nitrogens with one attached hydrogen (secondary N) is 1. The quantitative estimate of drug-likeness (QED) is 0.768. The molecule has 1 rings (SSSR count). The van der Waals surface area contributed by atoms with Crippen LogP contribution in [0.5, 0.6) is 0 Å². The Morgan fingerprint density at radius 2 is 2.12 bits per heavy atom. The molecule has 0 saturated carbocycles. The molecule has 0 aromatic heterocycles. The molecule has 17 heavy (non-hydrogen) atoms. The highest BCUT2D eigenvalue weighted by Crippen LogP contribution is 2.32. The number of benzene rings is 1. The van der Waals surface area contributed by atoms with Gasteiger partial charge in [-0.25, -0.2) is 4.39 Å². The molecule has 2 nitrogen and oxygen atoms in total. The number of aliphatic hydroxyl groups excluding tert-OH is 1. The van der Waals surface area contributed by atoms with Crippen molar-refractivity contribution in [1.29, 1.82) is 0 Å². The van der Waals surface area contributed by atoms with E-state index < -0.39 is 0 Å². The first-order valence-electron chi connectivity index (χ1n) is 5.89. The third kappa shape index (κ3) is 3.98. The lowest BCUT2D eigenvalue weighted by molar-refractivity contribution is 0.300. The average molecular weight is 257 g/mol. The van der Waals surface area contributed by atoms with Crippen LogP contribution in [-0.4, -0.2) is 23.5 Å². The van der Waals surface area contributed by atoms with Crippen molar-refractivity contribution >= 4 is 11.8 Å². The van der Waals surface area contributed by atoms with Crippen LogP contribution in [0.2, 0.25) is 0 Å². The van der Waals surface area contributed by atoms with Crippen LogP contribution >= 0.6 is 11.8 Å². The number of hydrogen-bond acceptors (Lipinski definition) is 3. The molecule has 0 aliphatic heterocycles. The fraction of sp³-hybridized carbons (Fsp3) is 0.538. The molecule has 2 atom stereocenters. The first-order valence-corrected chi connectivity index (χ1v) is 6.77. The van der Waals surface area contributed by atoms with Crippen LogP contribution in [-0.2, 0) is 0 Å². The zero-order chi connectivity index (χ0) is 12.8. The molecule has 0 fully saturated rings. The second kappa shape index (κ2) is 6.99. The topological polar surface area (TPSA) is 32.3 Å². The van der Waals surface area contributed by atoms with Crippen molar-refractivity contribution < 1.29 is 9.50 Å². The summed E-state index contributed by atoms with van der Waals surface area (Å²) in [6.45, 7) is 6.78. The largest absolute Gasteiger partial charge is 0.395 e. The summed E-state index contributed by atoms with van der Waals surface area (Å²) in [4.78, 5) is 0.903. The molecule has 0 amide bonds. The highest BCUT2D eigenvalue weighted by molar-refractivity contribution is 8.00. The standard InChI is InChI=1S/C13H20FNOS/c1-4-15-10(3)13-11(14)6-5-7-12(13)17-9(2)8-16/h5-7,9-10,15-16H,4,8H2,1-3H3. The van der Waals surface area contributed by atoms with E-state index in [4.69, 9.17) is 5.11 Å². The predicted molar refractivity (Wildman–Crippen MR) is 70.9 cm³/mol. The van der Waals surface area contributed by atoms with E-state index in [-0.39, 0.29) is 23.7 Å². The van der Waals surface area contributed by atoms with E-state index >= 15 is 0 Å². The van der Waals surface area contributed by atoms with Crippen LogP contribution in [0, 0.1) is 5.82 Å². The van der Waals surface area contributed by atoms with Gasteiger partial charge in [0.2, 0.25) is 0 Å². The first kappa shape index (κ1) is 14.5. The maximum atomic E-state index is 13.9. The van der Waals surface area contributed by atoms with Crippen molar-refractivity contribution in [3.8, 4) is 0 Å². The Morgan fingerprint density at radius 3 is 2.71 bits per heavy atom. The highest BCUT2D eigenvalue weighted by Gasteiger charge is 2.16. The predicted octanol–water partition coefficient (Wildman–Crippen LogP) is 2.97. The molecule has 0 aliphatic rings. The second-order valence-corrected chi connectivity index (χ2v) is 5.52. The van der Waals surface area contributed by atoms with Gasteiger partial charge in [0.05, 0.1) is 6.61 Å². The summed E-state index contributed by atoms with van der Waals surface area (Å²) in [7, 11) is 0. The van der Waals surface area contributed by atoms with Gasteiger partial charge < -0.3 is 10.4 Å². The Hall–Kier alpha value is -0.580. The average Bonchev–Trinajstić information content (AvgIpc) is 2.29. The van der Waals surface area contributed by atoms with E-state index in [0.717, 1.165) is 11.4 Å². The zero-order valence-corrected chi connectivity index (χ0v) is 11.4. The third-order valence-electron chi connectivity index (χ3n) is 2.54. The molecule has 0 saturated heterocycles.